The van der Waals surface area contributed by atoms with Crippen LogP contribution < -0.4 is 0 Å². The largest absolute Gasteiger partial charge is 0.256 e. The van der Waals surface area contributed by atoms with Crippen LogP contribution >= 0.6 is 11.8 Å². The van der Waals surface area contributed by atoms with Gasteiger partial charge in [-0.05, 0) is 48.2 Å². The Kier molecular flexibility index (Phi) is 3.94. The lowest BCUT2D eigenvalue weighted by Crippen LogP contribution is -1.80. The summed E-state index contributed by atoms with van der Waals surface area (Å²) in [5.41, 5.74) is 1.78. The molecule has 0 aliphatic heterocycles. The molecule has 0 saturated heterocycles. The molecule has 0 saturated carbocycles. The highest BCUT2D eigenvalue weighted by Gasteiger charge is 1.92. The summed E-state index contributed by atoms with van der Waals surface area (Å²) in [4.78, 5) is 5.50. The number of benzene rings is 2. The summed E-state index contributed by atoms with van der Waals surface area (Å²) >= 11 is 1.71. The summed E-state index contributed by atoms with van der Waals surface area (Å²) in [7, 11) is 0. The number of hydrogen-bond donors (Lipinski definition) is 0. The average Bonchev–Trinajstić information content (AvgIpc) is 2.39. The molecule has 0 amide bonds. The molecule has 86 valence electrons. The molecule has 0 unspecified atom stereocenters. The maximum Gasteiger partial charge on any atom is 0.123 e. The van der Waals surface area contributed by atoms with Crippen molar-refractivity contribution in [2.75, 3.05) is 6.26 Å². The zero-order chi connectivity index (χ0) is 12.1. The Labute approximate surface area is 104 Å². The zero-order valence-corrected chi connectivity index (χ0v) is 10.2. The summed E-state index contributed by atoms with van der Waals surface area (Å²) < 4.78 is 12.7. The lowest BCUT2D eigenvalue weighted by atomic mass is 10.2. The molecule has 0 aromatic heterocycles. The van der Waals surface area contributed by atoms with Crippen LogP contribution in [0.25, 0.3) is 0 Å². The minimum atomic E-state index is -0.242. The molecule has 0 bridgehead atoms. The van der Waals surface area contributed by atoms with Gasteiger partial charge in [-0.1, -0.05) is 12.1 Å². The van der Waals surface area contributed by atoms with E-state index in [0.717, 1.165) is 11.3 Å². The van der Waals surface area contributed by atoms with Crippen LogP contribution in [-0.4, -0.2) is 12.5 Å². The van der Waals surface area contributed by atoms with Gasteiger partial charge in [0.15, 0.2) is 0 Å². The van der Waals surface area contributed by atoms with E-state index in [1.165, 1.54) is 17.0 Å². The van der Waals surface area contributed by atoms with Gasteiger partial charge in [0.05, 0.1) is 5.69 Å². The molecular formula is C14H12FNS. The van der Waals surface area contributed by atoms with Gasteiger partial charge in [-0.15, -0.1) is 11.8 Å². The van der Waals surface area contributed by atoms with Crippen LogP contribution in [0.2, 0.25) is 0 Å². The summed E-state index contributed by atoms with van der Waals surface area (Å²) in [5.74, 6) is -0.242. The predicted octanol–water partition coefficient (Wildman–Crippen LogP) is 4.30. The molecule has 0 heterocycles. The zero-order valence-electron chi connectivity index (χ0n) is 9.43. The fourth-order valence-electron chi connectivity index (χ4n) is 1.37. The number of halogens is 1. The molecule has 0 fully saturated rings. The first-order valence-corrected chi connectivity index (χ1v) is 6.44. The van der Waals surface area contributed by atoms with E-state index in [2.05, 4.69) is 17.1 Å². The highest BCUT2D eigenvalue weighted by molar-refractivity contribution is 7.98. The van der Waals surface area contributed by atoms with Crippen molar-refractivity contribution < 1.29 is 4.39 Å². The van der Waals surface area contributed by atoms with E-state index in [9.17, 15) is 4.39 Å². The molecule has 0 atom stereocenters. The van der Waals surface area contributed by atoms with E-state index < -0.39 is 0 Å². The standard InChI is InChI=1S/C14H12FNS/c1-17-14-8-2-11(3-9-14)10-16-13-6-4-12(15)5-7-13/h2-10H,1H3/b16-10+. The van der Waals surface area contributed by atoms with Crippen molar-refractivity contribution in [3.05, 3.63) is 59.9 Å². The van der Waals surface area contributed by atoms with E-state index in [4.69, 9.17) is 0 Å². The normalized spacial score (nSPS) is 10.9. The molecule has 0 radical (unpaired) electrons. The van der Waals surface area contributed by atoms with Crippen molar-refractivity contribution in [2.24, 2.45) is 4.99 Å². The van der Waals surface area contributed by atoms with Gasteiger partial charge in [0, 0.05) is 11.1 Å². The quantitative estimate of drug-likeness (QED) is 0.580. The smallest absolute Gasteiger partial charge is 0.123 e. The van der Waals surface area contributed by atoms with E-state index >= 15 is 0 Å². The van der Waals surface area contributed by atoms with Gasteiger partial charge in [0.2, 0.25) is 0 Å². The van der Waals surface area contributed by atoms with E-state index in [1.807, 2.05) is 18.4 Å². The second-order valence-electron chi connectivity index (χ2n) is 3.51. The first kappa shape index (κ1) is 11.9. The van der Waals surface area contributed by atoms with Gasteiger partial charge >= 0.3 is 0 Å². The molecular weight excluding hydrogens is 233 g/mol. The van der Waals surface area contributed by atoms with Gasteiger partial charge in [-0.3, -0.25) is 4.99 Å². The second-order valence-corrected chi connectivity index (χ2v) is 4.39. The number of rotatable bonds is 3. The van der Waals surface area contributed by atoms with Crippen LogP contribution in [0.1, 0.15) is 5.56 Å². The highest BCUT2D eigenvalue weighted by atomic mass is 32.2. The van der Waals surface area contributed by atoms with Gasteiger partial charge in [-0.2, -0.15) is 0 Å². The average molecular weight is 245 g/mol. The van der Waals surface area contributed by atoms with Crippen molar-refractivity contribution in [3.63, 3.8) is 0 Å². The summed E-state index contributed by atoms with van der Waals surface area (Å²) in [5, 5.41) is 0. The Balaban J connectivity index is 2.11. The molecule has 2 aromatic carbocycles. The summed E-state index contributed by atoms with van der Waals surface area (Å²) in [6, 6.07) is 14.3. The van der Waals surface area contributed by atoms with Crippen molar-refractivity contribution in [1.29, 1.82) is 0 Å². The van der Waals surface area contributed by atoms with E-state index in [0.29, 0.717) is 0 Å². The van der Waals surface area contributed by atoms with Crippen LogP contribution in [0.3, 0.4) is 0 Å². The minimum absolute atomic E-state index is 0.242. The SMILES string of the molecule is CSc1ccc(/C=N/c2ccc(F)cc2)cc1. The number of aliphatic imine (C=N–C) groups is 1. The second kappa shape index (κ2) is 5.64. The Hall–Kier alpha value is -1.61. The monoisotopic (exact) mass is 245 g/mol. The topological polar surface area (TPSA) is 12.4 Å². The van der Waals surface area contributed by atoms with Crippen LogP contribution in [0.4, 0.5) is 10.1 Å². The molecule has 3 heteroatoms. The van der Waals surface area contributed by atoms with Crippen LogP contribution in [0.15, 0.2) is 58.4 Å². The minimum Gasteiger partial charge on any atom is -0.256 e. The first-order valence-electron chi connectivity index (χ1n) is 5.21. The lowest BCUT2D eigenvalue weighted by Gasteiger charge is -1.97. The van der Waals surface area contributed by atoms with Crippen molar-refractivity contribution in [1.82, 2.24) is 0 Å². The van der Waals surface area contributed by atoms with Gasteiger partial charge < -0.3 is 0 Å². The van der Waals surface area contributed by atoms with Crippen LogP contribution in [-0.2, 0) is 0 Å². The molecule has 0 aliphatic carbocycles. The maximum atomic E-state index is 12.7. The maximum absolute atomic E-state index is 12.7. The Morgan fingerprint density at radius 3 is 2.24 bits per heavy atom. The van der Waals surface area contributed by atoms with Crippen LogP contribution in [0, 0.1) is 5.82 Å². The summed E-state index contributed by atoms with van der Waals surface area (Å²) in [6.45, 7) is 0. The third kappa shape index (κ3) is 3.43. The predicted molar refractivity (Wildman–Crippen MR) is 71.9 cm³/mol. The lowest BCUT2D eigenvalue weighted by molar-refractivity contribution is 0.628. The van der Waals surface area contributed by atoms with Gasteiger partial charge in [0.25, 0.3) is 0 Å². The van der Waals surface area contributed by atoms with Crippen molar-refractivity contribution in [3.8, 4) is 0 Å². The molecule has 0 aliphatic rings. The Bertz CT molecular complexity index is 503. The molecule has 0 N–H and O–H groups in total. The van der Waals surface area contributed by atoms with Crippen LogP contribution in [0.5, 0.6) is 0 Å². The third-order valence-electron chi connectivity index (χ3n) is 2.31. The summed E-state index contributed by atoms with van der Waals surface area (Å²) in [6.07, 6.45) is 3.82. The molecule has 2 aromatic rings. The van der Waals surface area contributed by atoms with Gasteiger partial charge in [-0.25, -0.2) is 4.39 Å². The third-order valence-corrected chi connectivity index (χ3v) is 3.05. The molecule has 1 nitrogen and oxygen atoms in total. The molecule has 2 rings (SSSR count). The van der Waals surface area contributed by atoms with E-state index in [-0.39, 0.29) is 5.82 Å². The number of nitrogens with zero attached hydrogens (tertiary/aromatic N) is 1. The first-order chi connectivity index (χ1) is 8.28. The van der Waals surface area contributed by atoms with Crippen molar-refractivity contribution in [2.45, 2.75) is 4.90 Å². The highest BCUT2D eigenvalue weighted by Crippen LogP contribution is 2.15. The fraction of sp³-hybridized carbons (Fsp3) is 0.0714. The number of thioether (sulfide) groups is 1. The molecule has 0 spiro atoms. The van der Waals surface area contributed by atoms with Gasteiger partial charge in [0.1, 0.15) is 5.82 Å². The van der Waals surface area contributed by atoms with Crippen molar-refractivity contribution >= 4 is 23.7 Å². The molecule has 17 heavy (non-hydrogen) atoms. The fourth-order valence-corrected chi connectivity index (χ4v) is 1.77. The number of hydrogen-bond acceptors (Lipinski definition) is 2. The Morgan fingerprint density at radius 2 is 1.65 bits per heavy atom. The Morgan fingerprint density at radius 1 is 1.00 bits per heavy atom. The van der Waals surface area contributed by atoms with E-state index in [1.54, 1.807) is 30.1 Å².